The van der Waals surface area contributed by atoms with Gasteiger partial charge in [0.05, 0.1) is 0 Å². The molecule has 0 aliphatic carbocycles. The Labute approximate surface area is 135 Å². The normalized spacial score (nSPS) is 23.0. The van der Waals surface area contributed by atoms with Crippen LogP contribution in [0.2, 0.25) is 0 Å². The van der Waals surface area contributed by atoms with E-state index in [1.807, 2.05) is 11.0 Å². The molecule has 0 spiro atoms. The Bertz CT molecular complexity index is 526. The van der Waals surface area contributed by atoms with E-state index in [0.29, 0.717) is 11.8 Å². The molecule has 0 saturated carbocycles. The summed E-state index contributed by atoms with van der Waals surface area (Å²) in [6, 6.07) is 8.47. The van der Waals surface area contributed by atoms with E-state index in [1.54, 1.807) is 6.08 Å². The van der Waals surface area contributed by atoms with Crippen molar-refractivity contribution in [3.05, 3.63) is 41.5 Å². The summed E-state index contributed by atoms with van der Waals surface area (Å²) in [5, 5.41) is 0. The maximum absolute atomic E-state index is 12.3. The quantitative estimate of drug-likeness (QED) is 0.736. The van der Waals surface area contributed by atoms with Gasteiger partial charge in [-0.2, -0.15) is 0 Å². The molecule has 2 heteroatoms. The number of likely N-dealkylation sites (tertiary alicyclic amines) is 1. The first kappa shape index (κ1) is 16.8. The first-order valence-electron chi connectivity index (χ1n) is 8.33. The maximum atomic E-state index is 12.3. The topological polar surface area (TPSA) is 20.3 Å². The van der Waals surface area contributed by atoms with Crippen molar-refractivity contribution < 1.29 is 4.79 Å². The Morgan fingerprint density at radius 1 is 1.09 bits per heavy atom. The molecule has 1 saturated heterocycles. The molecule has 1 amide bonds. The zero-order valence-corrected chi connectivity index (χ0v) is 14.6. The minimum absolute atomic E-state index is 0.137. The van der Waals surface area contributed by atoms with Crippen molar-refractivity contribution in [3.8, 4) is 0 Å². The highest BCUT2D eigenvalue weighted by Crippen LogP contribution is 2.23. The third-order valence-corrected chi connectivity index (χ3v) is 4.38. The van der Waals surface area contributed by atoms with Crippen LogP contribution < -0.4 is 0 Å². The van der Waals surface area contributed by atoms with Gasteiger partial charge in [-0.3, -0.25) is 4.79 Å². The predicted molar refractivity (Wildman–Crippen MR) is 93.7 cm³/mol. The van der Waals surface area contributed by atoms with Gasteiger partial charge in [0, 0.05) is 19.2 Å². The number of hydrogen-bond donors (Lipinski definition) is 0. The lowest BCUT2D eigenvalue weighted by Gasteiger charge is -2.34. The number of rotatable bonds is 2. The number of nitrogens with zero attached hydrogens (tertiary/aromatic N) is 1. The van der Waals surface area contributed by atoms with Crippen LogP contribution in [0.15, 0.2) is 30.3 Å². The van der Waals surface area contributed by atoms with Crippen molar-refractivity contribution in [1.82, 2.24) is 4.90 Å². The van der Waals surface area contributed by atoms with E-state index in [-0.39, 0.29) is 11.3 Å². The smallest absolute Gasteiger partial charge is 0.246 e. The zero-order chi connectivity index (χ0) is 16.3. The van der Waals surface area contributed by atoms with Crippen LogP contribution >= 0.6 is 0 Å². The standard InChI is InChI=1S/C20H29NO/c1-15-12-16(2)14-21(13-15)19(22)11-8-17-6-9-18(10-7-17)20(3,4)5/h6-11,15-16H,12-14H2,1-5H3/b11-8+. The van der Waals surface area contributed by atoms with E-state index in [0.717, 1.165) is 18.7 Å². The van der Waals surface area contributed by atoms with Crippen LogP contribution in [0.5, 0.6) is 0 Å². The van der Waals surface area contributed by atoms with Crippen molar-refractivity contribution in [1.29, 1.82) is 0 Å². The van der Waals surface area contributed by atoms with Gasteiger partial charge in [0.25, 0.3) is 0 Å². The van der Waals surface area contributed by atoms with E-state index in [9.17, 15) is 4.79 Å². The molecule has 1 aromatic rings. The highest BCUT2D eigenvalue weighted by atomic mass is 16.2. The molecule has 0 aromatic heterocycles. The van der Waals surface area contributed by atoms with Gasteiger partial charge in [0.15, 0.2) is 0 Å². The third-order valence-electron chi connectivity index (χ3n) is 4.38. The fourth-order valence-electron chi connectivity index (χ4n) is 3.21. The first-order valence-corrected chi connectivity index (χ1v) is 8.33. The van der Waals surface area contributed by atoms with Gasteiger partial charge in [-0.1, -0.05) is 58.9 Å². The molecule has 1 aromatic carbocycles. The van der Waals surface area contributed by atoms with Gasteiger partial charge < -0.3 is 4.90 Å². The molecule has 1 aliphatic rings. The lowest BCUT2D eigenvalue weighted by Crippen LogP contribution is -2.41. The third kappa shape index (κ3) is 4.46. The second-order valence-corrected chi connectivity index (χ2v) is 7.89. The molecule has 1 aliphatic heterocycles. The molecule has 1 fully saturated rings. The van der Waals surface area contributed by atoms with Crippen molar-refractivity contribution >= 4 is 12.0 Å². The summed E-state index contributed by atoms with van der Waals surface area (Å²) in [5.41, 5.74) is 2.56. The van der Waals surface area contributed by atoms with Gasteiger partial charge >= 0.3 is 0 Å². The minimum atomic E-state index is 0.137. The first-order chi connectivity index (χ1) is 10.3. The predicted octanol–water partition coefficient (Wildman–Crippen LogP) is 4.50. The number of piperidine rings is 1. The largest absolute Gasteiger partial charge is 0.339 e. The maximum Gasteiger partial charge on any atom is 0.246 e. The Morgan fingerprint density at radius 2 is 1.64 bits per heavy atom. The fraction of sp³-hybridized carbons (Fsp3) is 0.550. The molecule has 0 radical (unpaired) electrons. The van der Waals surface area contributed by atoms with E-state index in [4.69, 9.17) is 0 Å². The summed E-state index contributed by atoms with van der Waals surface area (Å²) in [6.07, 6.45) is 4.87. The Morgan fingerprint density at radius 3 is 2.14 bits per heavy atom. The average molecular weight is 299 g/mol. The lowest BCUT2D eigenvalue weighted by atomic mass is 9.87. The van der Waals surface area contributed by atoms with Crippen LogP contribution in [0.25, 0.3) is 6.08 Å². The van der Waals surface area contributed by atoms with Gasteiger partial charge in [-0.05, 0) is 40.9 Å². The molecule has 2 nitrogen and oxygen atoms in total. The molecule has 120 valence electrons. The summed E-state index contributed by atoms with van der Waals surface area (Å²) < 4.78 is 0. The molecule has 22 heavy (non-hydrogen) atoms. The Hall–Kier alpha value is -1.57. The molecule has 2 rings (SSSR count). The Kier molecular flexibility index (Phi) is 5.10. The molecular formula is C20H29NO. The van der Waals surface area contributed by atoms with Crippen LogP contribution in [0.4, 0.5) is 0 Å². The average Bonchev–Trinajstić information content (AvgIpc) is 2.43. The molecule has 2 unspecified atom stereocenters. The van der Waals surface area contributed by atoms with Crippen LogP contribution in [-0.2, 0) is 10.2 Å². The number of benzene rings is 1. The van der Waals surface area contributed by atoms with Gasteiger partial charge in [0.2, 0.25) is 5.91 Å². The molecular weight excluding hydrogens is 270 g/mol. The van der Waals surface area contributed by atoms with Gasteiger partial charge in [-0.25, -0.2) is 0 Å². The SMILES string of the molecule is CC1CC(C)CN(C(=O)/C=C/c2ccc(C(C)(C)C)cc2)C1. The molecule has 1 heterocycles. The summed E-state index contributed by atoms with van der Waals surface area (Å²) in [5.74, 6) is 1.35. The number of amides is 1. The minimum Gasteiger partial charge on any atom is -0.339 e. The molecule has 0 bridgehead atoms. The van der Waals surface area contributed by atoms with Crippen molar-refractivity contribution in [3.63, 3.8) is 0 Å². The summed E-state index contributed by atoms with van der Waals surface area (Å²) in [7, 11) is 0. The van der Waals surface area contributed by atoms with Crippen molar-refractivity contribution in [2.24, 2.45) is 11.8 Å². The fourth-order valence-corrected chi connectivity index (χ4v) is 3.21. The highest BCUT2D eigenvalue weighted by molar-refractivity contribution is 5.91. The lowest BCUT2D eigenvalue weighted by molar-refractivity contribution is -0.128. The number of hydrogen-bond acceptors (Lipinski definition) is 1. The summed E-state index contributed by atoms with van der Waals surface area (Å²) >= 11 is 0. The van der Waals surface area contributed by atoms with E-state index < -0.39 is 0 Å². The van der Waals surface area contributed by atoms with Gasteiger partial charge in [0.1, 0.15) is 0 Å². The summed E-state index contributed by atoms with van der Waals surface area (Å²) in [4.78, 5) is 14.3. The summed E-state index contributed by atoms with van der Waals surface area (Å²) in [6.45, 7) is 12.9. The van der Waals surface area contributed by atoms with Crippen LogP contribution in [0.3, 0.4) is 0 Å². The molecule has 0 N–H and O–H groups in total. The van der Waals surface area contributed by atoms with Crippen LogP contribution in [0, 0.1) is 11.8 Å². The Balaban J connectivity index is 2.00. The van der Waals surface area contributed by atoms with Crippen molar-refractivity contribution in [2.45, 2.75) is 46.5 Å². The van der Waals surface area contributed by atoms with E-state index in [2.05, 4.69) is 58.9 Å². The van der Waals surface area contributed by atoms with Gasteiger partial charge in [-0.15, -0.1) is 0 Å². The van der Waals surface area contributed by atoms with Crippen molar-refractivity contribution in [2.75, 3.05) is 13.1 Å². The van der Waals surface area contributed by atoms with E-state index in [1.165, 1.54) is 12.0 Å². The number of carbonyl (C=O) groups is 1. The monoisotopic (exact) mass is 299 g/mol. The zero-order valence-electron chi connectivity index (χ0n) is 14.6. The highest BCUT2D eigenvalue weighted by Gasteiger charge is 2.23. The second kappa shape index (κ2) is 6.68. The molecule has 2 atom stereocenters. The second-order valence-electron chi connectivity index (χ2n) is 7.89. The van der Waals surface area contributed by atoms with Crippen LogP contribution in [-0.4, -0.2) is 23.9 Å². The van der Waals surface area contributed by atoms with Crippen LogP contribution in [0.1, 0.15) is 52.2 Å². The van der Waals surface area contributed by atoms with E-state index >= 15 is 0 Å². The number of carbonyl (C=O) groups excluding carboxylic acids is 1.